The highest BCUT2D eigenvalue weighted by molar-refractivity contribution is 6.24. The van der Waals surface area contributed by atoms with E-state index in [0.717, 1.165) is 5.56 Å². The van der Waals surface area contributed by atoms with Crippen molar-refractivity contribution in [3.63, 3.8) is 0 Å². The number of Topliss-reactive ketones (excluding diaryl/α,β-unsaturated/α-hetero) is 1. The molecule has 2 N–H and O–H groups in total. The molecule has 0 spiro atoms. The SMILES string of the molecule is CC(C)C[C@@H](C(=O)O)n1cc2c3c(c(-c4ccccc4)ccc3c1=O)C(=O)C(O)=C2. The molecule has 0 saturated carbocycles. The Morgan fingerprint density at radius 3 is 2.40 bits per heavy atom. The third-order valence-electron chi connectivity index (χ3n) is 5.39. The van der Waals surface area contributed by atoms with Gasteiger partial charge in [-0.05, 0) is 35.6 Å². The zero-order valence-electron chi connectivity index (χ0n) is 16.6. The summed E-state index contributed by atoms with van der Waals surface area (Å²) < 4.78 is 1.20. The first-order valence-electron chi connectivity index (χ1n) is 9.75. The van der Waals surface area contributed by atoms with Crippen molar-refractivity contribution < 1.29 is 19.8 Å². The number of allylic oxidation sites excluding steroid dienone is 1. The molecule has 1 aromatic heterocycles. The van der Waals surface area contributed by atoms with Crippen molar-refractivity contribution in [2.45, 2.75) is 26.3 Å². The molecule has 1 atom stereocenters. The van der Waals surface area contributed by atoms with Crippen LogP contribution in [0.25, 0.3) is 28.0 Å². The van der Waals surface area contributed by atoms with Gasteiger partial charge in [-0.15, -0.1) is 0 Å². The topological polar surface area (TPSA) is 96.6 Å². The lowest BCUT2D eigenvalue weighted by Gasteiger charge is -2.22. The molecule has 0 amide bonds. The van der Waals surface area contributed by atoms with Crippen molar-refractivity contribution in [1.29, 1.82) is 0 Å². The molecule has 0 saturated heterocycles. The van der Waals surface area contributed by atoms with Crippen LogP contribution in [0.2, 0.25) is 0 Å². The van der Waals surface area contributed by atoms with E-state index in [0.29, 0.717) is 16.5 Å². The second-order valence-electron chi connectivity index (χ2n) is 7.92. The summed E-state index contributed by atoms with van der Waals surface area (Å²) in [6, 6.07) is 11.5. The van der Waals surface area contributed by atoms with Gasteiger partial charge in [-0.1, -0.05) is 50.2 Å². The van der Waals surface area contributed by atoms with Crippen molar-refractivity contribution in [2.75, 3.05) is 0 Å². The van der Waals surface area contributed by atoms with Crippen molar-refractivity contribution in [3.05, 3.63) is 75.9 Å². The first-order chi connectivity index (χ1) is 14.3. The lowest BCUT2D eigenvalue weighted by atomic mass is 9.86. The zero-order chi connectivity index (χ0) is 21.6. The van der Waals surface area contributed by atoms with Gasteiger partial charge in [-0.2, -0.15) is 0 Å². The minimum Gasteiger partial charge on any atom is -0.504 e. The Labute approximate surface area is 172 Å². The van der Waals surface area contributed by atoms with Gasteiger partial charge in [0.25, 0.3) is 5.56 Å². The van der Waals surface area contributed by atoms with E-state index in [4.69, 9.17) is 0 Å². The van der Waals surface area contributed by atoms with E-state index in [9.17, 15) is 24.6 Å². The molecule has 6 nitrogen and oxygen atoms in total. The number of hydrogen-bond donors (Lipinski definition) is 2. The Morgan fingerprint density at radius 2 is 1.77 bits per heavy atom. The summed E-state index contributed by atoms with van der Waals surface area (Å²) in [5.41, 5.74) is 1.64. The van der Waals surface area contributed by atoms with Gasteiger partial charge in [-0.3, -0.25) is 9.59 Å². The maximum absolute atomic E-state index is 13.2. The number of carboxylic acids is 1. The molecule has 4 rings (SSSR count). The number of hydrogen-bond acceptors (Lipinski definition) is 4. The van der Waals surface area contributed by atoms with E-state index in [1.54, 1.807) is 12.1 Å². The summed E-state index contributed by atoms with van der Waals surface area (Å²) in [5, 5.41) is 20.7. The number of carbonyl (C=O) groups is 2. The van der Waals surface area contributed by atoms with E-state index in [1.807, 2.05) is 44.2 Å². The molecular formula is C24H21NO5. The molecular weight excluding hydrogens is 382 g/mol. The Hall–Kier alpha value is -3.67. The molecule has 0 aliphatic heterocycles. The average molecular weight is 403 g/mol. The lowest BCUT2D eigenvalue weighted by Crippen LogP contribution is -2.31. The van der Waals surface area contributed by atoms with Crippen LogP contribution >= 0.6 is 0 Å². The van der Waals surface area contributed by atoms with Crippen LogP contribution in [-0.2, 0) is 4.79 Å². The highest BCUT2D eigenvalue weighted by Crippen LogP contribution is 2.36. The molecule has 1 aliphatic carbocycles. The number of carbonyl (C=O) groups excluding carboxylic acids is 1. The van der Waals surface area contributed by atoms with Gasteiger partial charge < -0.3 is 14.8 Å². The zero-order valence-corrected chi connectivity index (χ0v) is 16.6. The van der Waals surface area contributed by atoms with Crippen LogP contribution in [0, 0.1) is 5.92 Å². The smallest absolute Gasteiger partial charge is 0.326 e. The summed E-state index contributed by atoms with van der Waals surface area (Å²) >= 11 is 0. The molecule has 30 heavy (non-hydrogen) atoms. The standard InChI is InChI=1S/C24H21NO5/c1-13(2)10-18(24(29)30)25-12-15-11-19(26)22(27)21-16(14-6-4-3-5-7-14)8-9-17(20(15)21)23(25)28/h3-9,11-13,18,26H,10H2,1-2H3,(H,29,30)/t18-/m0/s1. The van der Waals surface area contributed by atoms with E-state index < -0.39 is 29.1 Å². The minimum absolute atomic E-state index is 0.0617. The molecule has 0 bridgehead atoms. The van der Waals surface area contributed by atoms with Crippen molar-refractivity contribution in [3.8, 4) is 11.1 Å². The van der Waals surface area contributed by atoms with Crippen LogP contribution in [0.5, 0.6) is 0 Å². The molecule has 0 radical (unpaired) electrons. The largest absolute Gasteiger partial charge is 0.504 e. The van der Waals surface area contributed by atoms with Crippen molar-refractivity contribution in [1.82, 2.24) is 4.57 Å². The third-order valence-corrected chi connectivity index (χ3v) is 5.39. The normalized spacial score (nSPS) is 14.1. The average Bonchev–Trinajstić information content (AvgIpc) is 2.72. The molecule has 6 heteroatoms. The molecule has 2 aromatic carbocycles. The summed E-state index contributed by atoms with van der Waals surface area (Å²) in [5.74, 6) is -2.03. The maximum atomic E-state index is 13.2. The Morgan fingerprint density at radius 1 is 1.07 bits per heavy atom. The van der Waals surface area contributed by atoms with E-state index >= 15 is 0 Å². The maximum Gasteiger partial charge on any atom is 0.326 e. The number of nitrogens with zero attached hydrogens (tertiary/aromatic N) is 1. The van der Waals surface area contributed by atoms with Gasteiger partial charge in [0.1, 0.15) is 6.04 Å². The fourth-order valence-corrected chi connectivity index (χ4v) is 4.05. The fourth-order valence-electron chi connectivity index (χ4n) is 4.05. The van der Waals surface area contributed by atoms with Crippen LogP contribution < -0.4 is 5.56 Å². The monoisotopic (exact) mass is 403 g/mol. The third kappa shape index (κ3) is 3.10. The summed E-state index contributed by atoms with van der Waals surface area (Å²) in [6.07, 6.45) is 3.02. The number of pyridine rings is 1. The van der Waals surface area contributed by atoms with Crippen LogP contribution in [0.4, 0.5) is 0 Å². The second kappa shape index (κ2) is 7.30. The number of aliphatic carboxylic acids is 1. The predicted molar refractivity (Wildman–Crippen MR) is 115 cm³/mol. The molecule has 3 aromatic rings. The molecule has 1 aliphatic rings. The van der Waals surface area contributed by atoms with Gasteiger partial charge >= 0.3 is 5.97 Å². The Balaban J connectivity index is 2.06. The quantitative estimate of drug-likeness (QED) is 0.657. The number of benzene rings is 2. The number of aromatic nitrogens is 1. The highest BCUT2D eigenvalue weighted by atomic mass is 16.4. The number of carboxylic acid groups (broad SMARTS) is 1. The van der Waals surface area contributed by atoms with Gasteiger partial charge in [0.2, 0.25) is 5.78 Å². The summed E-state index contributed by atoms with van der Waals surface area (Å²) in [6.45, 7) is 3.78. The summed E-state index contributed by atoms with van der Waals surface area (Å²) in [7, 11) is 0. The first kappa shape index (κ1) is 19.6. The number of aliphatic hydroxyl groups is 1. The van der Waals surface area contributed by atoms with E-state index in [-0.39, 0.29) is 23.3 Å². The van der Waals surface area contributed by atoms with Gasteiger partial charge in [-0.25, -0.2) is 4.79 Å². The first-order valence-corrected chi connectivity index (χ1v) is 9.75. The van der Waals surface area contributed by atoms with Crippen LogP contribution in [0.15, 0.2) is 59.2 Å². The second-order valence-corrected chi connectivity index (χ2v) is 7.92. The molecule has 0 unspecified atom stereocenters. The number of rotatable bonds is 5. The van der Waals surface area contributed by atoms with E-state index in [1.165, 1.54) is 16.8 Å². The number of aliphatic hydroxyl groups excluding tert-OH is 1. The van der Waals surface area contributed by atoms with E-state index in [2.05, 4.69) is 0 Å². The van der Waals surface area contributed by atoms with Gasteiger partial charge in [0.05, 0.1) is 0 Å². The van der Waals surface area contributed by atoms with Crippen molar-refractivity contribution in [2.24, 2.45) is 5.92 Å². The van der Waals surface area contributed by atoms with Gasteiger partial charge in [0.15, 0.2) is 5.76 Å². The molecule has 0 fully saturated rings. The van der Waals surface area contributed by atoms with Crippen molar-refractivity contribution >= 4 is 28.6 Å². The summed E-state index contributed by atoms with van der Waals surface area (Å²) in [4.78, 5) is 38.0. The Kier molecular flexibility index (Phi) is 4.78. The fraction of sp³-hybridized carbons (Fsp3) is 0.208. The number of ketones is 1. The Bertz CT molecular complexity index is 1270. The predicted octanol–water partition coefficient (Wildman–Crippen LogP) is 4.44. The van der Waals surface area contributed by atoms with Crippen LogP contribution in [-0.4, -0.2) is 26.5 Å². The van der Waals surface area contributed by atoms with Crippen LogP contribution in [0.3, 0.4) is 0 Å². The van der Waals surface area contributed by atoms with Gasteiger partial charge in [0, 0.05) is 28.1 Å². The highest BCUT2D eigenvalue weighted by Gasteiger charge is 2.29. The minimum atomic E-state index is -1.10. The molecule has 1 heterocycles. The lowest BCUT2D eigenvalue weighted by molar-refractivity contribution is -0.141. The van der Waals surface area contributed by atoms with Crippen LogP contribution in [0.1, 0.15) is 42.2 Å². The molecule has 152 valence electrons.